The molecule has 1 saturated heterocycles. The topological polar surface area (TPSA) is 50.4 Å². The number of nitrogens with one attached hydrogen (secondary N) is 1. The molecule has 0 amide bonds. The zero-order chi connectivity index (χ0) is 14.8. The molecule has 1 aromatic rings. The van der Waals surface area contributed by atoms with Crippen molar-refractivity contribution in [2.75, 3.05) is 13.1 Å². The van der Waals surface area contributed by atoms with Crippen LogP contribution in [0.3, 0.4) is 0 Å². The van der Waals surface area contributed by atoms with Crippen LogP contribution in [0.4, 0.5) is 14.5 Å². The minimum atomic E-state index is -0.378. The van der Waals surface area contributed by atoms with Crippen molar-refractivity contribution in [1.29, 1.82) is 0 Å². The van der Waals surface area contributed by atoms with Crippen LogP contribution >= 0.6 is 0 Å². The Labute approximate surface area is 122 Å². The number of halogens is 2. The zero-order valence-corrected chi connectivity index (χ0v) is 11.8. The SMILES string of the molecule is N/C(=C(/F)C1=Nc2ccc(F)cc2CC1)C1CCNCC1. The fourth-order valence-electron chi connectivity index (χ4n) is 2.96. The lowest BCUT2D eigenvalue weighted by Gasteiger charge is -2.24. The Balaban J connectivity index is 1.87. The highest BCUT2D eigenvalue weighted by Gasteiger charge is 2.23. The Morgan fingerprint density at radius 1 is 1.24 bits per heavy atom. The second kappa shape index (κ2) is 5.93. The Bertz CT molecular complexity index is 602. The number of benzene rings is 1. The van der Waals surface area contributed by atoms with Crippen molar-refractivity contribution in [2.45, 2.75) is 25.7 Å². The van der Waals surface area contributed by atoms with E-state index in [2.05, 4.69) is 10.3 Å². The average molecular weight is 291 g/mol. The van der Waals surface area contributed by atoms with Gasteiger partial charge in [0.25, 0.3) is 0 Å². The number of piperidine rings is 1. The van der Waals surface area contributed by atoms with Gasteiger partial charge in [0, 0.05) is 11.6 Å². The van der Waals surface area contributed by atoms with Crippen molar-refractivity contribution < 1.29 is 8.78 Å². The molecule has 0 atom stereocenters. The van der Waals surface area contributed by atoms with Gasteiger partial charge in [0.05, 0.1) is 11.4 Å². The summed E-state index contributed by atoms with van der Waals surface area (Å²) in [6.07, 6.45) is 2.77. The van der Waals surface area contributed by atoms with Crippen LogP contribution in [0.25, 0.3) is 0 Å². The normalized spacial score (nSPS) is 20.6. The summed E-state index contributed by atoms with van der Waals surface area (Å²) in [7, 11) is 0. The van der Waals surface area contributed by atoms with Gasteiger partial charge in [-0.05, 0) is 62.5 Å². The van der Waals surface area contributed by atoms with E-state index in [1.165, 1.54) is 12.1 Å². The van der Waals surface area contributed by atoms with Gasteiger partial charge < -0.3 is 11.1 Å². The van der Waals surface area contributed by atoms with Gasteiger partial charge in [-0.2, -0.15) is 0 Å². The van der Waals surface area contributed by atoms with Gasteiger partial charge in [-0.25, -0.2) is 8.78 Å². The van der Waals surface area contributed by atoms with E-state index in [0.29, 0.717) is 29.9 Å². The van der Waals surface area contributed by atoms with Crippen LogP contribution in [0.1, 0.15) is 24.8 Å². The molecule has 1 fully saturated rings. The number of aryl methyl sites for hydroxylation is 1. The molecule has 3 nitrogen and oxygen atoms in total. The fourth-order valence-corrected chi connectivity index (χ4v) is 2.96. The molecule has 0 radical (unpaired) electrons. The summed E-state index contributed by atoms with van der Waals surface area (Å²) in [4.78, 5) is 4.32. The zero-order valence-electron chi connectivity index (χ0n) is 11.8. The van der Waals surface area contributed by atoms with Crippen LogP contribution < -0.4 is 11.1 Å². The highest BCUT2D eigenvalue weighted by molar-refractivity contribution is 6.01. The third kappa shape index (κ3) is 2.97. The van der Waals surface area contributed by atoms with Crippen molar-refractivity contribution >= 4 is 11.4 Å². The highest BCUT2D eigenvalue weighted by atomic mass is 19.1. The molecule has 3 rings (SSSR count). The van der Waals surface area contributed by atoms with Crippen LogP contribution in [-0.2, 0) is 6.42 Å². The molecule has 0 spiro atoms. The van der Waals surface area contributed by atoms with Crippen LogP contribution in [0.15, 0.2) is 34.7 Å². The molecule has 0 bridgehead atoms. The van der Waals surface area contributed by atoms with Gasteiger partial charge in [0.15, 0.2) is 5.83 Å². The van der Waals surface area contributed by atoms with Crippen molar-refractivity contribution in [1.82, 2.24) is 5.32 Å². The van der Waals surface area contributed by atoms with Crippen LogP contribution in [0.2, 0.25) is 0 Å². The lowest BCUT2D eigenvalue weighted by molar-refractivity contribution is 0.408. The summed E-state index contributed by atoms with van der Waals surface area (Å²) in [6, 6.07) is 4.41. The van der Waals surface area contributed by atoms with E-state index in [-0.39, 0.29) is 17.6 Å². The third-order valence-corrected chi connectivity index (χ3v) is 4.21. The highest BCUT2D eigenvalue weighted by Crippen LogP contribution is 2.30. The maximum Gasteiger partial charge on any atom is 0.163 e. The third-order valence-electron chi connectivity index (χ3n) is 4.21. The van der Waals surface area contributed by atoms with Gasteiger partial charge in [0.2, 0.25) is 0 Å². The molecule has 21 heavy (non-hydrogen) atoms. The number of fused-ring (bicyclic) bond motifs is 1. The second-order valence-corrected chi connectivity index (χ2v) is 5.63. The first-order valence-corrected chi connectivity index (χ1v) is 7.37. The predicted molar refractivity (Wildman–Crippen MR) is 79.7 cm³/mol. The van der Waals surface area contributed by atoms with Crippen LogP contribution in [-0.4, -0.2) is 18.8 Å². The summed E-state index contributed by atoms with van der Waals surface area (Å²) in [6.45, 7) is 1.74. The summed E-state index contributed by atoms with van der Waals surface area (Å²) >= 11 is 0. The Morgan fingerprint density at radius 2 is 2.00 bits per heavy atom. The van der Waals surface area contributed by atoms with Gasteiger partial charge >= 0.3 is 0 Å². The summed E-state index contributed by atoms with van der Waals surface area (Å²) in [5.74, 6) is -0.571. The maximum atomic E-state index is 14.6. The molecule has 1 aromatic carbocycles. The smallest absolute Gasteiger partial charge is 0.163 e. The van der Waals surface area contributed by atoms with Crippen LogP contribution in [0, 0.1) is 11.7 Å². The van der Waals surface area contributed by atoms with E-state index >= 15 is 0 Å². The minimum Gasteiger partial charge on any atom is -0.399 e. The maximum absolute atomic E-state index is 14.6. The quantitative estimate of drug-likeness (QED) is 0.880. The van der Waals surface area contributed by atoms with Gasteiger partial charge in [0.1, 0.15) is 5.82 Å². The molecular weight excluding hydrogens is 272 g/mol. The average Bonchev–Trinajstić information content (AvgIpc) is 2.53. The van der Waals surface area contributed by atoms with E-state index < -0.39 is 0 Å². The summed E-state index contributed by atoms with van der Waals surface area (Å²) < 4.78 is 27.7. The van der Waals surface area contributed by atoms with E-state index in [9.17, 15) is 8.78 Å². The van der Waals surface area contributed by atoms with Gasteiger partial charge in [-0.15, -0.1) is 0 Å². The van der Waals surface area contributed by atoms with Crippen LogP contribution in [0.5, 0.6) is 0 Å². The molecule has 2 aliphatic rings. The molecular formula is C16H19F2N3. The minimum absolute atomic E-state index is 0.0866. The van der Waals surface area contributed by atoms with E-state index in [0.717, 1.165) is 31.5 Å². The fraction of sp³-hybridized carbons (Fsp3) is 0.438. The second-order valence-electron chi connectivity index (χ2n) is 5.63. The molecule has 0 aromatic heterocycles. The lowest BCUT2D eigenvalue weighted by atomic mass is 9.92. The summed E-state index contributed by atoms with van der Waals surface area (Å²) in [5, 5.41) is 3.24. The number of nitrogens with two attached hydrogens (primary N) is 1. The molecule has 112 valence electrons. The number of nitrogens with zero attached hydrogens (tertiary/aromatic N) is 1. The molecule has 3 N–H and O–H groups in total. The first kappa shape index (κ1) is 14.2. The number of hydrogen-bond acceptors (Lipinski definition) is 3. The number of rotatable bonds is 2. The first-order chi connectivity index (χ1) is 10.1. The number of allylic oxidation sites excluding steroid dienone is 2. The number of hydrogen-bond donors (Lipinski definition) is 2. The lowest BCUT2D eigenvalue weighted by Crippen LogP contribution is -2.31. The molecule has 2 aliphatic heterocycles. The van der Waals surface area contributed by atoms with Gasteiger partial charge in [-0.1, -0.05) is 0 Å². The Kier molecular flexibility index (Phi) is 4.01. The van der Waals surface area contributed by atoms with Gasteiger partial charge in [-0.3, -0.25) is 4.99 Å². The first-order valence-electron chi connectivity index (χ1n) is 7.37. The number of aliphatic imine (C=N–C) groups is 1. The van der Waals surface area contributed by atoms with E-state index in [4.69, 9.17) is 5.73 Å². The van der Waals surface area contributed by atoms with Crippen molar-refractivity contribution in [3.05, 3.63) is 41.1 Å². The molecule has 2 heterocycles. The molecule has 0 saturated carbocycles. The molecule has 0 aliphatic carbocycles. The largest absolute Gasteiger partial charge is 0.399 e. The standard InChI is InChI=1S/C16H19F2N3/c17-12-2-4-13-11(9-12)1-3-14(21-13)15(18)16(19)10-5-7-20-8-6-10/h2,4,9-10,20H,1,3,5-8,19H2/b16-15+. The molecule has 0 unspecified atom stereocenters. The predicted octanol–water partition coefficient (Wildman–Crippen LogP) is 2.98. The summed E-state index contributed by atoms with van der Waals surface area (Å²) in [5.41, 5.74) is 8.19. The Hall–Kier alpha value is -1.75. The van der Waals surface area contributed by atoms with Crippen molar-refractivity contribution in [3.8, 4) is 0 Å². The van der Waals surface area contributed by atoms with E-state index in [1.54, 1.807) is 6.07 Å². The van der Waals surface area contributed by atoms with E-state index in [1.807, 2.05) is 0 Å². The molecule has 5 heteroatoms. The monoisotopic (exact) mass is 291 g/mol. The van der Waals surface area contributed by atoms with Crippen molar-refractivity contribution in [3.63, 3.8) is 0 Å². The van der Waals surface area contributed by atoms with Crippen molar-refractivity contribution in [2.24, 2.45) is 16.6 Å². The Morgan fingerprint density at radius 3 is 2.76 bits per heavy atom.